The molecule has 14 atom stereocenters. The number of ketones is 2. The minimum Gasteiger partial charge on any atom is -0.507 e. The number of phenols is 1. The van der Waals surface area contributed by atoms with E-state index in [1.54, 1.807) is 37.4 Å². The molecule has 3 aromatic heterocycles. The Balaban J connectivity index is 1.01. The van der Waals surface area contributed by atoms with Gasteiger partial charge >= 0.3 is 0 Å². The van der Waals surface area contributed by atoms with E-state index in [1.807, 2.05) is 6.33 Å². The molecule has 10 bridgehead atoms. The van der Waals surface area contributed by atoms with Gasteiger partial charge < -0.3 is 55.4 Å². The predicted octanol–water partition coefficient (Wildman–Crippen LogP) is 7.23. The second-order valence-corrected chi connectivity index (χ2v) is 26.1. The van der Waals surface area contributed by atoms with E-state index in [4.69, 9.17) is 19.4 Å². The first-order valence-electron chi connectivity index (χ1n) is 28.8. The van der Waals surface area contributed by atoms with Crippen LogP contribution >= 0.6 is 0 Å². The van der Waals surface area contributed by atoms with Crippen molar-refractivity contribution in [2.45, 2.75) is 163 Å². The highest BCUT2D eigenvalue weighted by molar-refractivity contribution is 6.34. The zero-order chi connectivity index (χ0) is 52.8. The molecule has 78 heavy (non-hydrogen) atoms. The standard InChI is InChI=1S/C63H63N5O10/c1-29-20-35-44(40(69)21-29)51(72)46-41-22-34-33(45(46)50(35)71)13-19-64-56(34)65-26-43(70)60-16-12-30-6-4-7-31-8-5-9-32-10-11-39-53(67-28-66-39)62(31,32)42-23-36(47(30)60)49(68-42)37-24-61(77-41)54(74)52(73)55(75)63(78-61)48(37)38(60)25-59(57(63)76)18-17-58(27-59)14-2-3-15-58/h13,19-24,28,30-32,43,47,52,54-55,57,68-70,73-76H,2-3,5,7-12,14-18,25-27H2,1H3,(H,64,65)(H,66,67). The summed E-state index contributed by atoms with van der Waals surface area (Å²) in [5.41, 5.74) is 1.87. The Morgan fingerprint density at radius 1 is 0.846 bits per heavy atom. The number of H-pyrrole nitrogens is 2. The first-order chi connectivity index (χ1) is 37.7. The summed E-state index contributed by atoms with van der Waals surface area (Å²) in [7, 11) is 0. The van der Waals surface area contributed by atoms with Gasteiger partial charge in [0.1, 0.15) is 29.5 Å². The molecule has 400 valence electrons. The molecule has 0 amide bonds. The highest BCUT2D eigenvalue weighted by Crippen LogP contribution is 2.75. The van der Waals surface area contributed by atoms with E-state index in [-0.39, 0.29) is 63.5 Å². The highest BCUT2D eigenvalue weighted by Gasteiger charge is 2.77. The van der Waals surface area contributed by atoms with Crippen LogP contribution < -0.4 is 10.1 Å². The predicted molar refractivity (Wildman–Crippen MR) is 284 cm³/mol. The smallest absolute Gasteiger partial charge is 0.261 e. The van der Waals surface area contributed by atoms with Crippen LogP contribution in [0.2, 0.25) is 0 Å². The third-order valence-corrected chi connectivity index (χ3v) is 22.9. The number of rotatable bonds is 0. The number of nitrogens with zero attached hydrogens (tertiary/aromatic N) is 2. The molecule has 0 radical (unpaired) electrons. The largest absolute Gasteiger partial charge is 0.507 e. The van der Waals surface area contributed by atoms with Gasteiger partial charge in [-0.15, -0.1) is 5.92 Å². The first kappa shape index (κ1) is 46.8. The molecule has 1 saturated heterocycles. The van der Waals surface area contributed by atoms with Crippen LogP contribution in [-0.2, 0) is 16.6 Å². The van der Waals surface area contributed by atoms with Gasteiger partial charge in [0.15, 0.2) is 17.5 Å². The van der Waals surface area contributed by atoms with E-state index < -0.39 is 75.6 Å². The van der Waals surface area contributed by atoms with E-state index in [0.29, 0.717) is 77.5 Å². The van der Waals surface area contributed by atoms with Crippen molar-refractivity contribution >= 4 is 33.7 Å². The fourth-order valence-electron chi connectivity index (χ4n) is 19.9. The lowest BCUT2D eigenvalue weighted by atomic mass is 9.50. The second-order valence-electron chi connectivity index (χ2n) is 26.1. The summed E-state index contributed by atoms with van der Waals surface area (Å²) in [6.45, 7) is 1.71. The van der Waals surface area contributed by atoms with Gasteiger partial charge in [-0.1, -0.05) is 30.8 Å². The zero-order valence-corrected chi connectivity index (χ0v) is 43.5. The number of aromatic hydroxyl groups is 1. The Kier molecular flexibility index (Phi) is 9.11. The van der Waals surface area contributed by atoms with Crippen LogP contribution in [0.3, 0.4) is 0 Å². The van der Waals surface area contributed by atoms with E-state index in [2.05, 4.69) is 33.2 Å². The van der Waals surface area contributed by atoms with Gasteiger partial charge in [0.05, 0.1) is 40.8 Å². The van der Waals surface area contributed by atoms with Gasteiger partial charge in [-0.3, -0.25) is 9.59 Å². The minimum atomic E-state index is -2.47. The lowest BCUT2D eigenvalue weighted by molar-refractivity contribution is -0.366. The molecule has 5 fully saturated rings. The normalized spacial score (nSPS) is 39.6. The molecule has 13 aliphatic rings. The molecule has 15 nitrogen and oxygen atoms in total. The Morgan fingerprint density at radius 2 is 1.69 bits per heavy atom. The monoisotopic (exact) mass is 1050 g/mol. The highest BCUT2D eigenvalue weighted by atomic mass is 16.7. The third-order valence-electron chi connectivity index (χ3n) is 22.9. The number of aliphatic hydroxyl groups excluding tert-OH is 5. The zero-order valence-electron chi connectivity index (χ0n) is 43.5. The molecule has 14 unspecified atom stereocenters. The third kappa shape index (κ3) is 5.35. The molecule has 4 aliphatic heterocycles. The molecule has 6 spiro atoms. The van der Waals surface area contributed by atoms with Gasteiger partial charge in [0.25, 0.3) is 5.79 Å². The number of carbonyl (C=O) groups excluding carboxylic acids is 2. The average molecular weight is 1050 g/mol. The van der Waals surface area contributed by atoms with Crippen LogP contribution in [-0.4, -0.2) is 111 Å². The Bertz CT molecular complexity index is 3730. The van der Waals surface area contributed by atoms with E-state index in [9.17, 15) is 30.6 Å². The van der Waals surface area contributed by atoms with Gasteiger partial charge in [0.2, 0.25) is 5.78 Å². The van der Waals surface area contributed by atoms with E-state index in [1.165, 1.54) is 6.07 Å². The quantitative estimate of drug-likeness (QED) is 0.0683. The summed E-state index contributed by atoms with van der Waals surface area (Å²) < 4.78 is 14.9. The molecule has 5 aromatic rings. The van der Waals surface area contributed by atoms with Crippen LogP contribution in [0, 0.1) is 52.8 Å². The number of phenolic OH excluding ortho intramolecular Hbond substituents is 1. The summed E-state index contributed by atoms with van der Waals surface area (Å²) in [6.07, 6.45) is 9.78. The fourth-order valence-corrected chi connectivity index (χ4v) is 19.9. The van der Waals surface area contributed by atoms with Crippen molar-refractivity contribution in [1.29, 1.82) is 0 Å². The number of imidazole rings is 1. The van der Waals surface area contributed by atoms with Crippen LogP contribution in [0.1, 0.15) is 168 Å². The molecule has 18 rings (SSSR count). The number of pyridine rings is 1. The maximum Gasteiger partial charge on any atom is 0.261 e. The number of nitrogens with one attached hydrogen (secondary N) is 3. The molecule has 9 aliphatic carbocycles. The van der Waals surface area contributed by atoms with Gasteiger partial charge in [-0.25, -0.2) is 9.97 Å². The average Bonchev–Trinajstić information content (AvgIpc) is 4.46. The summed E-state index contributed by atoms with van der Waals surface area (Å²) in [5, 5.41) is 83.3. The van der Waals surface area contributed by atoms with Crippen LogP contribution in [0.15, 0.2) is 60.1 Å². The van der Waals surface area contributed by atoms with Crippen LogP contribution in [0.4, 0.5) is 5.82 Å². The lowest BCUT2D eigenvalue weighted by Gasteiger charge is -2.64. The Hall–Kier alpha value is -6.12. The second kappa shape index (κ2) is 15.2. The van der Waals surface area contributed by atoms with Crippen molar-refractivity contribution in [3.05, 3.63) is 116 Å². The number of hydrogen-bond acceptors (Lipinski definition) is 13. The number of fused-ring (bicyclic) bond motifs is 7. The van der Waals surface area contributed by atoms with Crippen molar-refractivity contribution in [3.63, 3.8) is 0 Å². The maximum atomic E-state index is 15.4. The minimum absolute atomic E-state index is 0.0152. The molecule has 4 saturated carbocycles. The molecule has 7 heterocycles. The molecular formula is C63H63N5O10. The van der Waals surface area contributed by atoms with Crippen molar-refractivity contribution in [2.75, 3.05) is 11.9 Å². The molecular weight excluding hydrogens is 987 g/mol. The van der Waals surface area contributed by atoms with Crippen molar-refractivity contribution in [3.8, 4) is 23.3 Å². The number of hydrogen-bond donors (Lipinski definition) is 9. The summed E-state index contributed by atoms with van der Waals surface area (Å²) in [5.74, 6) is 3.39. The summed E-state index contributed by atoms with van der Waals surface area (Å²) >= 11 is 0. The fraction of sp³-hybridized carbons (Fsp3) is 0.524. The van der Waals surface area contributed by atoms with Crippen molar-refractivity contribution < 1.29 is 49.7 Å². The van der Waals surface area contributed by atoms with Gasteiger partial charge in [-0.2, -0.15) is 0 Å². The van der Waals surface area contributed by atoms with Gasteiger partial charge in [0, 0.05) is 81.0 Å². The van der Waals surface area contributed by atoms with E-state index >= 15 is 9.59 Å². The maximum absolute atomic E-state index is 15.4. The van der Waals surface area contributed by atoms with Crippen molar-refractivity contribution in [1.82, 2.24) is 19.9 Å². The summed E-state index contributed by atoms with van der Waals surface area (Å²) in [4.78, 5) is 48.3. The number of aromatic nitrogens is 4. The number of aliphatic hydroxyl groups is 5. The van der Waals surface area contributed by atoms with Gasteiger partial charge in [-0.05, 0) is 160 Å². The Labute approximate surface area is 450 Å². The topological polar surface area (TPSA) is 243 Å². The number of benzene rings is 2. The molecule has 15 heteroatoms. The molecule has 9 N–H and O–H groups in total. The number of aromatic amines is 2. The Morgan fingerprint density at radius 3 is 2.55 bits per heavy atom. The molecule has 2 aromatic carbocycles. The SMILES string of the molecule is Cc1cc(O)c2c(c1)C(=O)c1c(c3cc4c(nccc14)NCC(O)C14CCC5C#CCC6CCCC7CCc8[nH]cnc8C67c6cc(c([nH]6)C6=CC7(O3)OC3(C6=C1CC1(CCC6(CCCC6)C1)C3O)C(O)C(O)C7O)C54)C2=O. The summed E-state index contributed by atoms with van der Waals surface area (Å²) in [6, 6.07) is 8.58. The number of aryl methyl sites for hydroxylation is 2. The number of carbonyl (C=O) groups is 2. The first-order valence-corrected chi connectivity index (χ1v) is 28.8. The number of anilines is 1. The number of ether oxygens (including phenoxy) is 2. The van der Waals surface area contributed by atoms with E-state index in [0.717, 1.165) is 92.4 Å². The van der Waals surface area contributed by atoms with Crippen LogP contribution in [0.5, 0.6) is 11.5 Å². The lowest BCUT2D eigenvalue weighted by Crippen LogP contribution is -2.79. The van der Waals surface area contributed by atoms with Crippen molar-refractivity contribution in [2.24, 2.45) is 34.0 Å². The van der Waals surface area contributed by atoms with Crippen LogP contribution in [0.25, 0.3) is 16.3 Å².